The van der Waals surface area contributed by atoms with Gasteiger partial charge in [0.25, 0.3) is 5.91 Å². The Hall–Kier alpha value is -3.51. The molecular formula is C23H19ClN2O4. The topological polar surface area (TPSA) is 84.3 Å². The Balaban J connectivity index is 1.24. The maximum Gasteiger partial charge on any atom is 0.310 e. The van der Waals surface area contributed by atoms with Crippen LogP contribution in [0.25, 0.3) is 22.2 Å². The molecule has 4 aromatic rings. The molecule has 0 unspecified atom stereocenters. The quantitative estimate of drug-likeness (QED) is 0.430. The van der Waals surface area contributed by atoms with Crippen LogP contribution in [0, 0.1) is 0 Å². The Kier molecular flexibility index (Phi) is 5.86. The van der Waals surface area contributed by atoms with Gasteiger partial charge < -0.3 is 19.5 Å². The van der Waals surface area contributed by atoms with Crippen LogP contribution in [-0.4, -0.2) is 23.5 Å². The molecule has 0 radical (unpaired) electrons. The van der Waals surface area contributed by atoms with Crippen LogP contribution in [0.3, 0.4) is 0 Å². The van der Waals surface area contributed by atoms with Crippen molar-refractivity contribution in [1.29, 1.82) is 0 Å². The lowest BCUT2D eigenvalue weighted by molar-refractivity contribution is -0.147. The number of rotatable bonds is 7. The van der Waals surface area contributed by atoms with Crippen molar-refractivity contribution >= 4 is 34.4 Å². The van der Waals surface area contributed by atoms with E-state index in [4.69, 9.17) is 20.8 Å². The third-order valence-electron chi connectivity index (χ3n) is 4.62. The highest BCUT2D eigenvalue weighted by Gasteiger charge is 2.12. The number of H-pyrrole nitrogens is 1. The third-order valence-corrected chi connectivity index (χ3v) is 4.88. The first-order valence-corrected chi connectivity index (χ1v) is 9.78. The average molecular weight is 423 g/mol. The minimum atomic E-state index is -0.460. The smallest absolute Gasteiger partial charge is 0.310 e. The fraction of sp³-hybridized carbons (Fsp3) is 0.130. The number of benzene rings is 2. The number of para-hydroxylation sites is 1. The van der Waals surface area contributed by atoms with Crippen molar-refractivity contribution in [3.63, 3.8) is 0 Å². The van der Waals surface area contributed by atoms with Gasteiger partial charge in [-0.05, 0) is 48.0 Å². The highest BCUT2D eigenvalue weighted by Crippen LogP contribution is 2.23. The number of furan rings is 1. The van der Waals surface area contributed by atoms with Crippen molar-refractivity contribution in [2.24, 2.45) is 0 Å². The highest BCUT2D eigenvalue weighted by molar-refractivity contribution is 6.30. The number of amides is 1. The molecule has 4 rings (SSSR count). The second-order valence-electron chi connectivity index (χ2n) is 6.75. The molecule has 6 nitrogen and oxygen atoms in total. The van der Waals surface area contributed by atoms with Gasteiger partial charge in [-0.3, -0.25) is 9.59 Å². The van der Waals surface area contributed by atoms with Gasteiger partial charge in [0.05, 0.1) is 13.0 Å². The van der Waals surface area contributed by atoms with Crippen LogP contribution in [0.5, 0.6) is 0 Å². The van der Waals surface area contributed by atoms with E-state index in [2.05, 4.69) is 10.3 Å². The fourth-order valence-corrected chi connectivity index (χ4v) is 3.24. The molecule has 30 heavy (non-hydrogen) atoms. The molecule has 2 aromatic carbocycles. The van der Waals surface area contributed by atoms with Crippen molar-refractivity contribution in [2.45, 2.75) is 13.0 Å². The molecule has 0 aliphatic carbocycles. The van der Waals surface area contributed by atoms with Gasteiger partial charge in [-0.25, -0.2) is 0 Å². The predicted octanol–water partition coefficient (Wildman–Crippen LogP) is 4.48. The van der Waals surface area contributed by atoms with Crippen LogP contribution in [0.4, 0.5) is 0 Å². The van der Waals surface area contributed by atoms with Gasteiger partial charge >= 0.3 is 5.97 Å². The van der Waals surface area contributed by atoms with Gasteiger partial charge in [-0.1, -0.05) is 29.8 Å². The van der Waals surface area contributed by atoms with E-state index in [-0.39, 0.29) is 19.6 Å². The number of aromatic amines is 1. The molecule has 0 fully saturated rings. The summed E-state index contributed by atoms with van der Waals surface area (Å²) >= 11 is 5.89. The van der Waals surface area contributed by atoms with Crippen LogP contribution in [-0.2, 0) is 27.3 Å². The van der Waals surface area contributed by atoms with E-state index in [1.54, 1.807) is 24.4 Å². The van der Waals surface area contributed by atoms with Crippen LogP contribution in [0.1, 0.15) is 11.3 Å². The first-order chi connectivity index (χ1) is 14.6. The lowest BCUT2D eigenvalue weighted by atomic mass is 10.1. The summed E-state index contributed by atoms with van der Waals surface area (Å²) < 4.78 is 10.8. The molecule has 2 heterocycles. The zero-order chi connectivity index (χ0) is 20.9. The molecule has 2 N–H and O–H groups in total. The van der Waals surface area contributed by atoms with Crippen molar-refractivity contribution in [2.75, 3.05) is 6.61 Å². The minimum absolute atomic E-state index is 0.0972. The summed E-state index contributed by atoms with van der Waals surface area (Å²) in [7, 11) is 0. The highest BCUT2D eigenvalue weighted by atomic mass is 35.5. The molecule has 0 saturated heterocycles. The second kappa shape index (κ2) is 8.88. The summed E-state index contributed by atoms with van der Waals surface area (Å²) in [5, 5.41) is 4.30. The molecule has 1 amide bonds. The van der Waals surface area contributed by atoms with Gasteiger partial charge in [0.15, 0.2) is 6.61 Å². The third kappa shape index (κ3) is 4.72. The van der Waals surface area contributed by atoms with Gasteiger partial charge in [-0.15, -0.1) is 0 Å². The van der Waals surface area contributed by atoms with Crippen LogP contribution < -0.4 is 5.32 Å². The monoisotopic (exact) mass is 422 g/mol. The van der Waals surface area contributed by atoms with Gasteiger partial charge in [0.2, 0.25) is 0 Å². The number of nitrogens with one attached hydrogen (secondary N) is 2. The summed E-state index contributed by atoms with van der Waals surface area (Å²) in [6.07, 6.45) is 1.88. The van der Waals surface area contributed by atoms with Crippen molar-refractivity contribution < 1.29 is 18.7 Å². The van der Waals surface area contributed by atoms with E-state index >= 15 is 0 Å². The second-order valence-corrected chi connectivity index (χ2v) is 7.18. The Morgan fingerprint density at radius 1 is 1.03 bits per heavy atom. The molecule has 0 aliphatic heterocycles. The summed E-state index contributed by atoms with van der Waals surface area (Å²) in [6.45, 7) is -0.141. The normalized spacial score (nSPS) is 10.8. The molecule has 7 heteroatoms. The number of hydrogen-bond acceptors (Lipinski definition) is 4. The SMILES string of the molecule is O=C(COC(=O)Cc1c[nH]c2ccccc12)NCc1ccc(-c2ccc(Cl)cc2)o1. The Morgan fingerprint density at radius 3 is 2.67 bits per heavy atom. The van der Waals surface area contributed by atoms with E-state index in [0.717, 1.165) is 22.0 Å². The van der Waals surface area contributed by atoms with Gasteiger partial charge in [0, 0.05) is 27.7 Å². The van der Waals surface area contributed by atoms with Gasteiger partial charge in [-0.2, -0.15) is 0 Å². The first kappa shape index (κ1) is 19.8. The summed E-state index contributed by atoms with van der Waals surface area (Å²) in [5.74, 6) is 0.420. The van der Waals surface area contributed by atoms with Crippen LogP contribution in [0.2, 0.25) is 5.02 Å². The van der Waals surface area contributed by atoms with Crippen molar-refractivity contribution in [3.8, 4) is 11.3 Å². The van der Waals surface area contributed by atoms with Gasteiger partial charge in [0.1, 0.15) is 11.5 Å². The van der Waals surface area contributed by atoms with E-state index in [1.165, 1.54) is 0 Å². The maximum absolute atomic E-state index is 12.1. The number of carbonyl (C=O) groups is 2. The van der Waals surface area contributed by atoms with E-state index in [9.17, 15) is 9.59 Å². The zero-order valence-corrected chi connectivity index (χ0v) is 16.7. The largest absolute Gasteiger partial charge is 0.459 e. The lowest BCUT2D eigenvalue weighted by Crippen LogP contribution is -2.28. The summed E-state index contributed by atoms with van der Waals surface area (Å²) in [4.78, 5) is 27.2. The number of hydrogen-bond donors (Lipinski definition) is 2. The number of carbonyl (C=O) groups excluding carboxylic acids is 2. The molecule has 152 valence electrons. The molecule has 2 aromatic heterocycles. The van der Waals surface area contributed by atoms with Crippen LogP contribution in [0.15, 0.2) is 71.3 Å². The average Bonchev–Trinajstić information content (AvgIpc) is 3.39. The number of ether oxygens (including phenoxy) is 1. The van der Waals surface area contributed by atoms with E-state index in [1.807, 2.05) is 42.5 Å². The summed E-state index contributed by atoms with van der Waals surface area (Å²) in [6, 6.07) is 18.6. The molecule has 0 aliphatic rings. The maximum atomic E-state index is 12.1. The van der Waals surface area contributed by atoms with E-state index in [0.29, 0.717) is 16.5 Å². The van der Waals surface area contributed by atoms with Crippen LogP contribution >= 0.6 is 11.6 Å². The molecule has 0 atom stereocenters. The number of aromatic nitrogens is 1. The Morgan fingerprint density at radius 2 is 1.83 bits per heavy atom. The molecule has 0 spiro atoms. The first-order valence-electron chi connectivity index (χ1n) is 9.40. The van der Waals surface area contributed by atoms with E-state index < -0.39 is 11.9 Å². The molecule has 0 saturated carbocycles. The Labute approximate surface area is 177 Å². The van der Waals surface area contributed by atoms with Crippen molar-refractivity contribution in [1.82, 2.24) is 10.3 Å². The molecule has 0 bridgehead atoms. The fourth-order valence-electron chi connectivity index (χ4n) is 3.11. The standard InChI is InChI=1S/C23H19ClN2O4/c24-17-7-5-15(6-8-17)21-10-9-18(30-21)13-26-22(27)14-29-23(28)11-16-12-25-20-4-2-1-3-19(16)20/h1-10,12,25H,11,13-14H2,(H,26,27). The number of esters is 1. The Bertz CT molecular complexity index is 1180. The van der Waals surface area contributed by atoms with Crippen molar-refractivity contribution in [3.05, 3.63) is 83.2 Å². The predicted molar refractivity (Wildman–Crippen MR) is 114 cm³/mol. The zero-order valence-electron chi connectivity index (χ0n) is 16.0. The lowest BCUT2D eigenvalue weighted by Gasteiger charge is -2.05. The minimum Gasteiger partial charge on any atom is -0.459 e. The number of halogens is 1. The number of fused-ring (bicyclic) bond motifs is 1. The summed E-state index contributed by atoms with van der Waals surface area (Å²) in [5.41, 5.74) is 2.68. The molecular weight excluding hydrogens is 404 g/mol.